The normalized spacial score (nSPS) is 15.2. The van der Waals surface area contributed by atoms with Crippen molar-refractivity contribution >= 4 is 23.4 Å². The summed E-state index contributed by atoms with van der Waals surface area (Å²) in [4.78, 5) is 27.6. The molecule has 0 aliphatic carbocycles. The summed E-state index contributed by atoms with van der Waals surface area (Å²) in [5, 5.41) is 12.8. The van der Waals surface area contributed by atoms with Gasteiger partial charge in [0.1, 0.15) is 17.7 Å². The maximum atomic E-state index is 11.6. The van der Waals surface area contributed by atoms with Crippen LogP contribution in [0.4, 0.5) is 17.5 Å². The van der Waals surface area contributed by atoms with Crippen molar-refractivity contribution in [2.45, 2.75) is 46.1 Å². The van der Waals surface area contributed by atoms with Crippen molar-refractivity contribution in [2.24, 2.45) is 5.41 Å². The molecule has 2 aromatic carbocycles. The van der Waals surface area contributed by atoms with Crippen LogP contribution in [0.2, 0.25) is 0 Å². The maximum absolute atomic E-state index is 11.6. The summed E-state index contributed by atoms with van der Waals surface area (Å²) in [6.45, 7) is 7.60. The highest BCUT2D eigenvalue weighted by molar-refractivity contribution is 5.74. The molecule has 0 amide bonds. The smallest absolute Gasteiger partial charge is 0.309 e. The topological polar surface area (TPSA) is 110 Å². The molecule has 2 N–H and O–H groups in total. The Balaban J connectivity index is 1.27. The summed E-state index contributed by atoms with van der Waals surface area (Å²) in [7, 11) is 0. The first kappa shape index (κ1) is 28.9. The van der Waals surface area contributed by atoms with Gasteiger partial charge in [0, 0.05) is 12.7 Å². The lowest BCUT2D eigenvalue weighted by molar-refractivity contribution is -0.146. The summed E-state index contributed by atoms with van der Waals surface area (Å²) in [6.07, 6.45) is 7.58. The van der Waals surface area contributed by atoms with E-state index in [0.717, 1.165) is 53.4 Å². The first-order valence-corrected chi connectivity index (χ1v) is 14.3. The van der Waals surface area contributed by atoms with Gasteiger partial charge in [0.25, 0.3) is 0 Å². The molecule has 218 valence electrons. The molecule has 2 aromatic heterocycles. The van der Waals surface area contributed by atoms with Gasteiger partial charge >= 0.3 is 5.97 Å². The van der Waals surface area contributed by atoms with Gasteiger partial charge in [-0.25, -0.2) is 9.97 Å². The molecule has 0 unspecified atom stereocenters. The highest BCUT2D eigenvalue weighted by atomic mass is 16.5. The number of carboxylic acids is 1. The molecule has 0 saturated carbocycles. The average Bonchev–Trinajstić information content (AvgIpc) is 2.99. The van der Waals surface area contributed by atoms with Crippen LogP contribution in [0.1, 0.15) is 39.2 Å². The molecule has 4 aromatic rings. The Bertz CT molecular complexity index is 1530. The summed E-state index contributed by atoms with van der Waals surface area (Å²) >= 11 is 0. The highest BCUT2D eigenvalue weighted by Gasteiger charge is 2.27. The predicted molar refractivity (Wildman–Crippen MR) is 164 cm³/mol. The minimum atomic E-state index is -0.846. The van der Waals surface area contributed by atoms with Crippen molar-refractivity contribution in [3.8, 4) is 22.6 Å². The average molecular weight is 568 g/mol. The van der Waals surface area contributed by atoms with Crippen molar-refractivity contribution < 1.29 is 19.4 Å². The number of nitrogens with zero attached hydrogens (tertiary/aromatic N) is 4. The SMILES string of the molecule is CCOc1ccccc1O[C@@H]1CCCN(c2cncc(Nc3cc(-c4cccc(CC(C)(C)C(=O)O)c4)ccn3)n2)C1. The number of pyridine rings is 1. The van der Waals surface area contributed by atoms with E-state index < -0.39 is 11.4 Å². The van der Waals surface area contributed by atoms with Crippen LogP contribution in [0.15, 0.2) is 79.3 Å². The van der Waals surface area contributed by atoms with Gasteiger partial charge in [0.05, 0.1) is 31.0 Å². The van der Waals surface area contributed by atoms with Gasteiger partial charge in [-0.2, -0.15) is 0 Å². The summed E-state index contributed by atoms with van der Waals surface area (Å²) < 4.78 is 12.1. The first-order valence-electron chi connectivity index (χ1n) is 14.3. The number of ether oxygens (including phenoxy) is 2. The zero-order valence-electron chi connectivity index (χ0n) is 24.3. The molecule has 1 aliphatic heterocycles. The number of rotatable bonds is 11. The molecule has 0 bridgehead atoms. The second-order valence-electron chi connectivity index (χ2n) is 11.1. The van der Waals surface area contributed by atoms with E-state index in [9.17, 15) is 9.90 Å². The number of para-hydroxylation sites is 2. The Morgan fingerprint density at radius 2 is 1.86 bits per heavy atom. The summed E-state index contributed by atoms with van der Waals surface area (Å²) in [5.74, 6) is 2.72. The number of carboxylic acid groups (broad SMARTS) is 1. The van der Waals surface area contributed by atoms with Crippen LogP contribution in [0.3, 0.4) is 0 Å². The Kier molecular flexibility index (Phi) is 8.85. The molecule has 42 heavy (non-hydrogen) atoms. The van der Waals surface area contributed by atoms with Gasteiger partial charge in [0.15, 0.2) is 17.3 Å². The number of carbonyl (C=O) groups is 1. The minimum absolute atomic E-state index is 0.00829. The minimum Gasteiger partial charge on any atom is -0.490 e. The molecule has 5 rings (SSSR count). The molecule has 3 heterocycles. The van der Waals surface area contributed by atoms with Crippen molar-refractivity contribution in [3.63, 3.8) is 0 Å². The number of hydrogen-bond acceptors (Lipinski definition) is 8. The third-order valence-corrected chi connectivity index (χ3v) is 7.27. The van der Waals surface area contributed by atoms with Crippen LogP contribution < -0.4 is 19.7 Å². The van der Waals surface area contributed by atoms with E-state index in [1.54, 1.807) is 32.4 Å². The largest absolute Gasteiger partial charge is 0.490 e. The van der Waals surface area contributed by atoms with Crippen LogP contribution in [-0.2, 0) is 11.2 Å². The highest BCUT2D eigenvalue weighted by Crippen LogP contribution is 2.31. The molecule has 9 nitrogen and oxygen atoms in total. The third kappa shape index (κ3) is 7.15. The quantitative estimate of drug-likeness (QED) is 0.213. The van der Waals surface area contributed by atoms with E-state index in [1.807, 2.05) is 67.6 Å². The van der Waals surface area contributed by atoms with E-state index >= 15 is 0 Å². The summed E-state index contributed by atoms with van der Waals surface area (Å²) in [6, 6.07) is 19.6. The Morgan fingerprint density at radius 1 is 1.05 bits per heavy atom. The van der Waals surface area contributed by atoms with E-state index in [4.69, 9.17) is 14.5 Å². The molecule has 1 saturated heterocycles. The van der Waals surface area contributed by atoms with E-state index in [-0.39, 0.29) is 6.10 Å². The number of anilines is 3. The van der Waals surface area contributed by atoms with Gasteiger partial charge in [0.2, 0.25) is 0 Å². The molecule has 0 radical (unpaired) electrons. The van der Waals surface area contributed by atoms with Crippen LogP contribution >= 0.6 is 0 Å². The predicted octanol–water partition coefficient (Wildman–Crippen LogP) is 6.38. The lowest BCUT2D eigenvalue weighted by atomic mass is 9.85. The Labute approximate surface area is 246 Å². The van der Waals surface area contributed by atoms with E-state index in [2.05, 4.69) is 20.2 Å². The zero-order chi connectivity index (χ0) is 29.5. The number of benzene rings is 2. The van der Waals surface area contributed by atoms with Crippen molar-refractivity contribution in [3.05, 3.63) is 84.8 Å². The number of aliphatic carboxylic acids is 1. The molecule has 1 aliphatic rings. The standard InChI is InChI=1S/C33H37N5O4/c1-4-41-27-12-5-6-13-28(27)42-26-11-8-16-38(22-26)31-21-34-20-30(37-31)36-29-18-25(14-15-35-29)24-10-7-9-23(17-24)19-33(2,3)32(39)40/h5-7,9-10,12-15,17-18,20-21,26H,4,8,11,16,19,22H2,1-3H3,(H,39,40)(H,35,36,37)/t26-/m1/s1. The van der Waals surface area contributed by atoms with Crippen LogP contribution in [0.25, 0.3) is 11.1 Å². The molecule has 9 heteroatoms. The van der Waals surface area contributed by atoms with Gasteiger partial charge in [-0.1, -0.05) is 36.4 Å². The fraction of sp³-hybridized carbons (Fsp3) is 0.333. The summed E-state index contributed by atoms with van der Waals surface area (Å²) in [5.41, 5.74) is 2.08. The molecule has 1 atom stereocenters. The second-order valence-corrected chi connectivity index (χ2v) is 11.1. The lowest BCUT2D eigenvalue weighted by Gasteiger charge is -2.33. The lowest BCUT2D eigenvalue weighted by Crippen LogP contribution is -2.41. The molecule has 0 spiro atoms. The third-order valence-electron chi connectivity index (χ3n) is 7.27. The monoisotopic (exact) mass is 567 g/mol. The number of nitrogens with one attached hydrogen (secondary N) is 1. The van der Waals surface area contributed by atoms with Gasteiger partial charge in [-0.3, -0.25) is 9.78 Å². The molecule has 1 fully saturated rings. The first-order chi connectivity index (χ1) is 20.3. The van der Waals surface area contributed by atoms with Crippen LogP contribution in [-0.4, -0.2) is 51.8 Å². The number of piperidine rings is 1. The molecular weight excluding hydrogens is 530 g/mol. The van der Waals surface area contributed by atoms with Crippen molar-refractivity contribution in [2.75, 3.05) is 29.9 Å². The van der Waals surface area contributed by atoms with Crippen LogP contribution in [0.5, 0.6) is 11.5 Å². The number of hydrogen-bond donors (Lipinski definition) is 2. The van der Waals surface area contributed by atoms with Gasteiger partial charge in [-0.05, 0) is 81.0 Å². The zero-order valence-corrected chi connectivity index (χ0v) is 24.3. The molecular formula is C33H37N5O4. The Morgan fingerprint density at radius 3 is 2.67 bits per heavy atom. The maximum Gasteiger partial charge on any atom is 0.309 e. The Hall–Kier alpha value is -4.66. The van der Waals surface area contributed by atoms with Crippen LogP contribution in [0, 0.1) is 5.41 Å². The van der Waals surface area contributed by atoms with E-state index in [0.29, 0.717) is 31.2 Å². The van der Waals surface area contributed by atoms with Gasteiger partial charge in [-0.15, -0.1) is 0 Å². The fourth-order valence-electron chi connectivity index (χ4n) is 5.07. The van der Waals surface area contributed by atoms with Crippen molar-refractivity contribution in [1.82, 2.24) is 15.0 Å². The van der Waals surface area contributed by atoms with Gasteiger partial charge < -0.3 is 24.8 Å². The number of aromatic nitrogens is 3. The van der Waals surface area contributed by atoms with Crippen molar-refractivity contribution in [1.29, 1.82) is 0 Å². The fourth-order valence-corrected chi connectivity index (χ4v) is 5.07. The second kappa shape index (κ2) is 12.9. The van der Waals surface area contributed by atoms with E-state index in [1.165, 1.54) is 0 Å².